The number of anilines is 1. The zero-order chi connectivity index (χ0) is 20.8. The SMILES string of the molecule is N#C/C(=C\c1ccc(Cc2ccccc2Cl)c(Br)c1)C(=O)Nc1ccc(F)cc1. The molecule has 0 aliphatic heterocycles. The van der Waals surface area contributed by atoms with E-state index in [2.05, 4.69) is 21.2 Å². The van der Waals surface area contributed by atoms with Gasteiger partial charge in [0.1, 0.15) is 17.5 Å². The molecule has 1 amide bonds. The molecule has 0 unspecified atom stereocenters. The molecule has 0 aliphatic rings. The van der Waals surface area contributed by atoms with Gasteiger partial charge in [0.2, 0.25) is 0 Å². The molecule has 6 heteroatoms. The molecule has 1 N–H and O–H groups in total. The molecule has 0 atom stereocenters. The Kier molecular flexibility index (Phi) is 6.82. The van der Waals surface area contributed by atoms with Crippen LogP contribution in [0.4, 0.5) is 10.1 Å². The lowest BCUT2D eigenvalue weighted by Crippen LogP contribution is -2.13. The van der Waals surface area contributed by atoms with Crippen LogP contribution in [0.2, 0.25) is 5.02 Å². The lowest BCUT2D eigenvalue weighted by molar-refractivity contribution is -0.112. The third kappa shape index (κ3) is 5.54. The largest absolute Gasteiger partial charge is 0.321 e. The van der Waals surface area contributed by atoms with Crippen LogP contribution in [-0.4, -0.2) is 5.91 Å². The molecule has 3 rings (SSSR count). The first kappa shape index (κ1) is 20.8. The summed E-state index contributed by atoms with van der Waals surface area (Å²) in [6, 6.07) is 20.5. The topological polar surface area (TPSA) is 52.9 Å². The first-order valence-corrected chi connectivity index (χ1v) is 9.84. The summed E-state index contributed by atoms with van der Waals surface area (Å²) < 4.78 is 13.8. The van der Waals surface area contributed by atoms with Gasteiger partial charge in [-0.2, -0.15) is 5.26 Å². The van der Waals surface area contributed by atoms with E-state index in [0.717, 1.165) is 15.6 Å². The molecule has 0 saturated heterocycles. The highest BCUT2D eigenvalue weighted by atomic mass is 79.9. The monoisotopic (exact) mass is 468 g/mol. The van der Waals surface area contributed by atoms with Crippen LogP contribution in [0.15, 0.2) is 76.8 Å². The molecule has 3 aromatic carbocycles. The second-order valence-electron chi connectivity index (χ2n) is 6.25. The first-order valence-electron chi connectivity index (χ1n) is 8.67. The number of hydrogen-bond donors (Lipinski definition) is 1. The predicted molar refractivity (Wildman–Crippen MR) is 117 cm³/mol. The Morgan fingerprint density at radius 3 is 2.48 bits per heavy atom. The van der Waals surface area contributed by atoms with Crippen molar-refractivity contribution >= 4 is 45.2 Å². The van der Waals surface area contributed by atoms with E-state index in [9.17, 15) is 14.4 Å². The summed E-state index contributed by atoms with van der Waals surface area (Å²) >= 11 is 9.78. The zero-order valence-corrected chi connectivity index (χ0v) is 17.5. The lowest BCUT2D eigenvalue weighted by atomic mass is 10.0. The van der Waals surface area contributed by atoms with Gasteiger partial charge in [-0.15, -0.1) is 0 Å². The van der Waals surface area contributed by atoms with Crippen LogP contribution < -0.4 is 5.32 Å². The first-order chi connectivity index (χ1) is 14.0. The third-order valence-electron chi connectivity index (χ3n) is 4.19. The molecule has 3 nitrogen and oxygen atoms in total. The maximum atomic E-state index is 13.0. The van der Waals surface area contributed by atoms with Gasteiger partial charge in [0.25, 0.3) is 5.91 Å². The summed E-state index contributed by atoms with van der Waals surface area (Å²) in [5.41, 5.74) is 3.10. The molecule has 3 aromatic rings. The van der Waals surface area contributed by atoms with E-state index >= 15 is 0 Å². The Morgan fingerprint density at radius 2 is 1.83 bits per heavy atom. The van der Waals surface area contributed by atoms with Gasteiger partial charge in [-0.3, -0.25) is 4.79 Å². The van der Waals surface area contributed by atoms with Crippen molar-refractivity contribution in [2.45, 2.75) is 6.42 Å². The fourth-order valence-corrected chi connectivity index (χ4v) is 3.43. The molecule has 0 heterocycles. The quantitative estimate of drug-likeness (QED) is 0.348. The molecular formula is C23H15BrClFN2O. The Labute approximate surface area is 181 Å². The lowest BCUT2D eigenvalue weighted by Gasteiger charge is -2.08. The molecule has 29 heavy (non-hydrogen) atoms. The van der Waals surface area contributed by atoms with E-state index < -0.39 is 11.7 Å². The summed E-state index contributed by atoms with van der Waals surface area (Å²) in [5, 5.41) is 12.6. The van der Waals surface area contributed by atoms with Gasteiger partial charge in [0, 0.05) is 21.6 Å². The number of rotatable bonds is 5. The van der Waals surface area contributed by atoms with Gasteiger partial charge in [-0.05, 0) is 59.2 Å². The van der Waals surface area contributed by atoms with E-state index in [0.29, 0.717) is 22.7 Å². The number of carbonyl (C=O) groups is 1. The fourth-order valence-electron chi connectivity index (χ4n) is 2.69. The molecule has 0 saturated carbocycles. The van der Waals surface area contributed by atoms with Gasteiger partial charge in [-0.1, -0.05) is 57.9 Å². The Hall–Kier alpha value is -2.94. The number of carbonyl (C=O) groups excluding carboxylic acids is 1. The van der Waals surface area contributed by atoms with Crippen molar-refractivity contribution in [2.24, 2.45) is 0 Å². The van der Waals surface area contributed by atoms with Crippen molar-refractivity contribution < 1.29 is 9.18 Å². The predicted octanol–water partition coefficient (Wildman–Crippen LogP) is 6.38. The molecule has 0 aromatic heterocycles. The minimum Gasteiger partial charge on any atom is -0.321 e. The number of halogens is 3. The fraction of sp³-hybridized carbons (Fsp3) is 0.0435. The van der Waals surface area contributed by atoms with Gasteiger partial charge < -0.3 is 5.32 Å². The van der Waals surface area contributed by atoms with Crippen molar-refractivity contribution in [1.82, 2.24) is 0 Å². The number of nitrogens with zero attached hydrogens (tertiary/aromatic N) is 1. The number of nitrogens with one attached hydrogen (secondary N) is 1. The minimum atomic E-state index is -0.560. The van der Waals surface area contributed by atoms with Crippen LogP contribution in [0.25, 0.3) is 6.08 Å². The summed E-state index contributed by atoms with van der Waals surface area (Å²) in [6.07, 6.45) is 2.16. The van der Waals surface area contributed by atoms with Crippen molar-refractivity contribution in [2.75, 3.05) is 5.32 Å². The van der Waals surface area contributed by atoms with E-state index in [-0.39, 0.29) is 5.57 Å². The van der Waals surface area contributed by atoms with Crippen LogP contribution in [0.5, 0.6) is 0 Å². The smallest absolute Gasteiger partial charge is 0.266 e. The third-order valence-corrected chi connectivity index (χ3v) is 5.30. The molecule has 0 bridgehead atoms. The normalized spacial score (nSPS) is 11.0. The molecule has 144 valence electrons. The van der Waals surface area contributed by atoms with Crippen molar-refractivity contribution in [1.29, 1.82) is 5.26 Å². The number of hydrogen-bond acceptors (Lipinski definition) is 2. The van der Waals surface area contributed by atoms with Gasteiger partial charge >= 0.3 is 0 Å². The van der Waals surface area contributed by atoms with Gasteiger partial charge in [0.15, 0.2) is 0 Å². The maximum absolute atomic E-state index is 13.0. The van der Waals surface area contributed by atoms with Crippen LogP contribution >= 0.6 is 27.5 Å². The summed E-state index contributed by atoms with van der Waals surface area (Å²) in [5.74, 6) is -0.962. The number of amides is 1. The number of benzene rings is 3. The van der Waals surface area contributed by atoms with Crippen molar-refractivity contribution in [3.8, 4) is 6.07 Å². The second-order valence-corrected chi connectivity index (χ2v) is 7.51. The number of nitriles is 1. The second kappa shape index (κ2) is 9.51. The van der Waals surface area contributed by atoms with E-state index in [1.807, 2.05) is 48.5 Å². The van der Waals surface area contributed by atoms with E-state index in [1.54, 1.807) is 0 Å². The maximum Gasteiger partial charge on any atom is 0.266 e. The zero-order valence-electron chi connectivity index (χ0n) is 15.1. The van der Waals surface area contributed by atoms with Crippen molar-refractivity contribution in [3.05, 3.63) is 104 Å². The molecule has 0 fully saturated rings. The minimum absolute atomic E-state index is 0.0555. The van der Waals surface area contributed by atoms with Crippen molar-refractivity contribution in [3.63, 3.8) is 0 Å². The van der Waals surface area contributed by atoms with Gasteiger partial charge in [0.05, 0.1) is 0 Å². The summed E-state index contributed by atoms with van der Waals surface area (Å²) in [6.45, 7) is 0. The highest BCUT2D eigenvalue weighted by molar-refractivity contribution is 9.10. The van der Waals surface area contributed by atoms with E-state index in [4.69, 9.17) is 11.6 Å². The standard InChI is InChI=1S/C23H15BrClFN2O/c24-21-12-15(5-6-16(21)13-17-3-1-2-4-22(17)25)11-18(14-27)23(29)28-20-9-7-19(26)8-10-20/h1-12H,13H2,(H,28,29)/b18-11+. The van der Waals surface area contributed by atoms with Crippen LogP contribution in [-0.2, 0) is 11.2 Å². The Balaban J connectivity index is 1.78. The Bertz CT molecular complexity index is 1120. The van der Waals surface area contributed by atoms with E-state index in [1.165, 1.54) is 30.3 Å². The average Bonchev–Trinajstić information content (AvgIpc) is 2.71. The summed E-state index contributed by atoms with van der Waals surface area (Å²) in [7, 11) is 0. The summed E-state index contributed by atoms with van der Waals surface area (Å²) in [4.78, 5) is 12.3. The molecule has 0 spiro atoms. The van der Waals surface area contributed by atoms with Gasteiger partial charge in [-0.25, -0.2) is 4.39 Å². The van der Waals surface area contributed by atoms with Crippen LogP contribution in [0.3, 0.4) is 0 Å². The van der Waals surface area contributed by atoms with Crippen LogP contribution in [0, 0.1) is 17.1 Å². The molecular weight excluding hydrogens is 455 g/mol. The Morgan fingerprint density at radius 1 is 1.10 bits per heavy atom. The average molecular weight is 470 g/mol. The molecule has 0 radical (unpaired) electrons. The molecule has 0 aliphatic carbocycles. The highest BCUT2D eigenvalue weighted by Crippen LogP contribution is 2.26. The van der Waals surface area contributed by atoms with Crippen LogP contribution in [0.1, 0.15) is 16.7 Å². The highest BCUT2D eigenvalue weighted by Gasteiger charge is 2.11.